The van der Waals surface area contributed by atoms with E-state index in [1.54, 1.807) is 18.5 Å². The molecule has 0 aliphatic carbocycles. The van der Waals surface area contributed by atoms with Gasteiger partial charge in [0.2, 0.25) is 5.91 Å². The number of aromatic nitrogens is 2. The molecule has 4 aromatic rings. The topological polar surface area (TPSA) is 157 Å². The van der Waals surface area contributed by atoms with Crippen LogP contribution in [0.5, 0.6) is 5.75 Å². The number of ketones is 1. The highest BCUT2D eigenvalue weighted by Crippen LogP contribution is 2.30. The van der Waals surface area contributed by atoms with Gasteiger partial charge in [-0.1, -0.05) is 89.8 Å². The Balaban J connectivity index is 1.45. The summed E-state index contributed by atoms with van der Waals surface area (Å²) in [7, 11) is 1.51. The lowest BCUT2D eigenvalue weighted by Crippen LogP contribution is -2.52. The maximum Gasteiger partial charge on any atom is 0.305 e. The van der Waals surface area contributed by atoms with Gasteiger partial charge in [-0.25, -0.2) is 9.97 Å². The first-order chi connectivity index (χ1) is 26.4. The number of nitrogens with one attached hydrogen (secondary N) is 2. The van der Waals surface area contributed by atoms with E-state index in [-0.39, 0.29) is 18.3 Å². The van der Waals surface area contributed by atoms with Gasteiger partial charge >= 0.3 is 5.97 Å². The largest absolute Gasteiger partial charge is 0.494 e. The normalized spacial score (nSPS) is 12.5. The highest BCUT2D eigenvalue weighted by molar-refractivity contribution is 7.14. The van der Waals surface area contributed by atoms with Gasteiger partial charge in [0.15, 0.2) is 11.6 Å². The monoisotopic (exact) mass is 770 g/mol. The molecule has 0 aliphatic rings. The number of ether oxygens (including phenoxy) is 2. The molecule has 0 radical (unpaired) electrons. The number of unbranched alkanes of at least 4 members (excludes halogenated alkanes) is 4. The number of aliphatic carboxylic acids is 1. The van der Waals surface area contributed by atoms with Crippen molar-refractivity contribution in [3.05, 3.63) is 88.4 Å². The summed E-state index contributed by atoms with van der Waals surface area (Å²) in [4.78, 5) is 62.4. The van der Waals surface area contributed by atoms with Crippen molar-refractivity contribution in [2.75, 3.05) is 20.3 Å². The van der Waals surface area contributed by atoms with Crippen molar-refractivity contribution in [3.8, 4) is 28.3 Å². The van der Waals surface area contributed by atoms with Crippen molar-refractivity contribution in [2.45, 2.75) is 103 Å². The number of nitrogens with zero attached hydrogens (tertiary/aromatic N) is 2. The average molecular weight is 771 g/mol. The zero-order valence-corrected chi connectivity index (χ0v) is 33.4. The molecular formula is C43H54N4O7S. The molecule has 2 atom stereocenters. The Bertz CT molecular complexity index is 1830. The molecule has 0 bridgehead atoms. The van der Waals surface area contributed by atoms with Crippen molar-refractivity contribution in [1.29, 1.82) is 0 Å². The number of amides is 2. The van der Waals surface area contributed by atoms with Crippen LogP contribution >= 0.6 is 11.3 Å². The van der Waals surface area contributed by atoms with Gasteiger partial charge in [0, 0.05) is 55.0 Å². The van der Waals surface area contributed by atoms with E-state index in [1.807, 2.05) is 54.6 Å². The summed E-state index contributed by atoms with van der Waals surface area (Å²) < 4.78 is 10.9. The van der Waals surface area contributed by atoms with Crippen molar-refractivity contribution < 1.29 is 33.8 Å². The maximum absolute atomic E-state index is 13.7. The fourth-order valence-corrected chi connectivity index (χ4v) is 6.82. The highest BCUT2D eigenvalue weighted by atomic mass is 32.1. The minimum absolute atomic E-state index is 0.0406. The summed E-state index contributed by atoms with van der Waals surface area (Å²) in [6.45, 7) is 9.40. The number of hydrogen-bond donors (Lipinski definition) is 3. The predicted molar refractivity (Wildman–Crippen MR) is 215 cm³/mol. The van der Waals surface area contributed by atoms with Crippen LogP contribution in [0.2, 0.25) is 0 Å². The lowest BCUT2D eigenvalue weighted by atomic mass is 9.95. The molecule has 2 aromatic carbocycles. The minimum atomic E-state index is -1.26. The Morgan fingerprint density at radius 3 is 2.07 bits per heavy atom. The molecule has 0 saturated carbocycles. The van der Waals surface area contributed by atoms with Crippen molar-refractivity contribution in [1.82, 2.24) is 20.6 Å². The van der Waals surface area contributed by atoms with E-state index in [0.29, 0.717) is 30.3 Å². The average Bonchev–Trinajstić information content (AvgIpc) is 3.68. The molecule has 2 aromatic heterocycles. The Morgan fingerprint density at radius 2 is 1.45 bits per heavy atom. The number of carbonyl (C=O) groups excluding carboxylic acids is 3. The van der Waals surface area contributed by atoms with E-state index in [9.17, 15) is 24.3 Å². The van der Waals surface area contributed by atoms with Crippen molar-refractivity contribution >= 4 is 34.9 Å². The van der Waals surface area contributed by atoms with Crippen LogP contribution in [-0.2, 0) is 31.0 Å². The Kier molecular flexibility index (Phi) is 16.5. The van der Waals surface area contributed by atoms with Gasteiger partial charge in [-0.3, -0.25) is 19.2 Å². The molecule has 2 amide bonds. The van der Waals surface area contributed by atoms with Gasteiger partial charge in [0.25, 0.3) is 5.91 Å². The number of rotatable bonds is 22. The van der Waals surface area contributed by atoms with Crippen LogP contribution in [0.25, 0.3) is 22.5 Å². The number of thiophene rings is 1. The van der Waals surface area contributed by atoms with E-state index in [4.69, 9.17) is 9.47 Å². The number of carboxylic acids is 1. The van der Waals surface area contributed by atoms with Crippen molar-refractivity contribution in [2.24, 2.45) is 0 Å². The lowest BCUT2D eigenvalue weighted by Gasteiger charge is -2.22. The summed E-state index contributed by atoms with van der Waals surface area (Å²) in [6, 6.07) is 16.5. The van der Waals surface area contributed by atoms with Crippen LogP contribution in [0.4, 0.5) is 0 Å². The number of Topliss-reactive ketones (excluding diaryl/α,β-unsaturated/α-hetero) is 1. The fourth-order valence-electron chi connectivity index (χ4n) is 5.85. The third-order valence-electron chi connectivity index (χ3n) is 9.05. The van der Waals surface area contributed by atoms with Crippen LogP contribution in [0.3, 0.4) is 0 Å². The van der Waals surface area contributed by atoms with E-state index in [2.05, 4.69) is 48.3 Å². The zero-order valence-electron chi connectivity index (χ0n) is 32.6. The third-order valence-corrected chi connectivity index (χ3v) is 10.6. The molecule has 0 saturated heterocycles. The van der Waals surface area contributed by atoms with E-state index in [0.717, 1.165) is 39.3 Å². The van der Waals surface area contributed by atoms with Crippen LogP contribution in [-0.4, -0.2) is 71.0 Å². The Morgan fingerprint density at radius 1 is 0.782 bits per heavy atom. The molecule has 12 heteroatoms. The second-order valence-corrected chi connectivity index (χ2v) is 15.7. The molecule has 0 aliphatic heterocycles. The molecule has 3 N–H and O–H groups in total. The van der Waals surface area contributed by atoms with Gasteiger partial charge in [0.05, 0.1) is 23.9 Å². The second kappa shape index (κ2) is 21.2. The zero-order chi connectivity index (χ0) is 39.8. The molecule has 11 nitrogen and oxygen atoms in total. The molecule has 55 heavy (non-hydrogen) atoms. The predicted octanol–water partition coefficient (Wildman–Crippen LogP) is 7.82. The van der Waals surface area contributed by atoms with Crippen LogP contribution in [0, 0.1) is 0 Å². The van der Waals surface area contributed by atoms with E-state index in [1.165, 1.54) is 44.1 Å². The number of benzene rings is 2. The molecule has 4 rings (SSSR count). The lowest BCUT2D eigenvalue weighted by molar-refractivity contribution is -0.140. The smallest absolute Gasteiger partial charge is 0.305 e. The quantitative estimate of drug-likeness (QED) is 0.0679. The summed E-state index contributed by atoms with van der Waals surface area (Å²) in [6.07, 6.45) is 9.44. The van der Waals surface area contributed by atoms with Crippen molar-refractivity contribution in [3.63, 3.8) is 0 Å². The molecule has 294 valence electrons. The fraction of sp³-hybridized carbons (Fsp3) is 0.442. The molecule has 0 spiro atoms. The van der Waals surface area contributed by atoms with E-state index >= 15 is 0 Å². The second-order valence-electron chi connectivity index (χ2n) is 14.6. The molecule has 0 unspecified atom stereocenters. The van der Waals surface area contributed by atoms with Crippen LogP contribution in [0.1, 0.15) is 99.2 Å². The maximum atomic E-state index is 13.7. The Labute approximate surface area is 328 Å². The first-order valence-corrected chi connectivity index (χ1v) is 19.8. The molecule has 0 fully saturated rings. The van der Waals surface area contributed by atoms with E-state index < -0.39 is 42.1 Å². The number of carboxylic acid groups (broad SMARTS) is 1. The summed E-state index contributed by atoms with van der Waals surface area (Å²) in [5.41, 5.74) is 3.18. The SMILES string of the molecule is CCCCCCCOc1ccc(-c2cnc(-c3ccc(C[C@H](NC(=O)c4ccc(C(C)(C)C)s4)C(=O)N[C@@H](CC(=O)O)C(=O)CCCOC)cc3)nc2)cc1. The first-order valence-electron chi connectivity index (χ1n) is 19.0. The van der Waals surface area contributed by atoms with Gasteiger partial charge in [-0.05, 0) is 53.6 Å². The van der Waals surface area contributed by atoms with Gasteiger partial charge in [0.1, 0.15) is 11.8 Å². The third kappa shape index (κ3) is 13.7. The number of hydrogen-bond acceptors (Lipinski definition) is 9. The standard InChI is InChI=1S/C43H54N4O7S/c1-6-7-8-9-10-24-54-33-19-17-30(18-20-33)32-27-44-40(45-28-32)31-15-13-29(14-16-31)25-35(47-42(52)37-21-22-38(55-37)43(2,3)4)41(51)46-34(26-39(49)50)36(48)12-11-23-53-5/h13-22,27-28,34-35H,6-12,23-26H2,1-5H3,(H,46,51)(H,47,52)(H,49,50)/t34-,35-/m0/s1. The summed E-state index contributed by atoms with van der Waals surface area (Å²) in [5.74, 6) is -1.38. The molecular weight excluding hydrogens is 717 g/mol. The van der Waals surface area contributed by atoms with Gasteiger partial charge in [-0.15, -0.1) is 11.3 Å². The van der Waals surface area contributed by atoms with Crippen LogP contribution < -0.4 is 15.4 Å². The summed E-state index contributed by atoms with van der Waals surface area (Å²) >= 11 is 1.34. The molecule has 2 heterocycles. The minimum Gasteiger partial charge on any atom is -0.494 e. The number of methoxy groups -OCH3 is 1. The van der Waals surface area contributed by atoms with Crippen LogP contribution in [0.15, 0.2) is 73.1 Å². The van der Waals surface area contributed by atoms with Gasteiger partial charge < -0.3 is 25.2 Å². The Hall–Kier alpha value is -4.94. The number of carbonyl (C=O) groups is 4. The van der Waals surface area contributed by atoms with Gasteiger partial charge in [-0.2, -0.15) is 0 Å². The first kappa shape index (κ1) is 42.8. The highest BCUT2D eigenvalue weighted by Gasteiger charge is 2.29. The summed E-state index contributed by atoms with van der Waals surface area (Å²) in [5, 5.41) is 14.9.